The number of benzene rings is 1. The molecule has 0 saturated carbocycles. The lowest BCUT2D eigenvalue weighted by Gasteiger charge is -2.10. The van der Waals surface area contributed by atoms with Crippen molar-refractivity contribution in [3.63, 3.8) is 0 Å². The van der Waals surface area contributed by atoms with Crippen LogP contribution in [0.4, 0.5) is 24.8 Å². The van der Waals surface area contributed by atoms with Crippen molar-refractivity contribution in [2.24, 2.45) is 0 Å². The van der Waals surface area contributed by atoms with Gasteiger partial charge in [0.25, 0.3) is 5.91 Å². The summed E-state index contributed by atoms with van der Waals surface area (Å²) in [6.07, 6.45) is -0.828. The van der Waals surface area contributed by atoms with Gasteiger partial charge in [-0.3, -0.25) is 4.79 Å². The van der Waals surface area contributed by atoms with Crippen LogP contribution in [0.1, 0.15) is 22.3 Å². The van der Waals surface area contributed by atoms with E-state index in [1.54, 1.807) is 0 Å². The van der Waals surface area contributed by atoms with Gasteiger partial charge in [-0.1, -0.05) is 0 Å². The highest BCUT2D eigenvalue weighted by atomic mass is 19.4. The molecule has 0 bridgehead atoms. The van der Waals surface area contributed by atoms with Crippen LogP contribution in [0.3, 0.4) is 0 Å². The van der Waals surface area contributed by atoms with E-state index in [0.29, 0.717) is 17.8 Å². The number of nitrogens with zero attached hydrogens (tertiary/aromatic N) is 3. The molecular weight excluding hydrogens is 347 g/mol. The van der Waals surface area contributed by atoms with Gasteiger partial charge >= 0.3 is 6.18 Å². The maximum atomic E-state index is 12.5. The van der Waals surface area contributed by atoms with Gasteiger partial charge in [0.05, 0.1) is 11.1 Å². The molecule has 2 N–H and O–H groups in total. The Morgan fingerprint density at radius 2 is 1.73 bits per heavy atom. The number of carbonyl (C=O) groups excluding carboxylic acids is 1. The number of nitrogens with one attached hydrogen (secondary N) is 2. The molecule has 2 aromatic rings. The third-order valence-corrected chi connectivity index (χ3v) is 3.45. The smallest absolute Gasteiger partial charge is 0.352 e. The lowest BCUT2D eigenvalue weighted by molar-refractivity contribution is -0.137. The molecular formula is C17H20F3N5O. The number of carbonyl (C=O) groups is 1. The Kier molecular flexibility index (Phi) is 6.51. The van der Waals surface area contributed by atoms with Crippen molar-refractivity contribution in [2.75, 3.05) is 32.5 Å². The number of rotatable bonds is 7. The van der Waals surface area contributed by atoms with Crippen LogP contribution in [0.5, 0.6) is 0 Å². The summed E-state index contributed by atoms with van der Waals surface area (Å²) in [6.45, 7) is 1.41. The lowest BCUT2D eigenvalue weighted by atomic mass is 10.2. The minimum absolute atomic E-state index is 0.189. The van der Waals surface area contributed by atoms with E-state index in [-0.39, 0.29) is 11.9 Å². The van der Waals surface area contributed by atoms with Gasteiger partial charge < -0.3 is 15.5 Å². The highest BCUT2D eigenvalue weighted by Gasteiger charge is 2.29. The van der Waals surface area contributed by atoms with Crippen molar-refractivity contribution >= 4 is 17.5 Å². The summed E-state index contributed by atoms with van der Waals surface area (Å²) in [5.74, 6) is -0.0845. The fourth-order valence-corrected chi connectivity index (χ4v) is 2.08. The molecule has 0 aliphatic rings. The van der Waals surface area contributed by atoms with E-state index < -0.39 is 11.7 Å². The number of hydrogen-bond acceptors (Lipinski definition) is 5. The molecule has 1 aromatic carbocycles. The molecule has 6 nitrogen and oxygen atoms in total. The molecule has 140 valence electrons. The Morgan fingerprint density at radius 3 is 2.27 bits per heavy atom. The molecule has 0 spiro atoms. The van der Waals surface area contributed by atoms with Gasteiger partial charge in [0.15, 0.2) is 0 Å². The number of hydrogen-bond donors (Lipinski definition) is 2. The fourth-order valence-electron chi connectivity index (χ4n) is 2.08. The zero-order valence-corrected chi connectivity index (χ0v) is 14.5. The third-order valence-electron chi connectivity index (χ3n) is 3.45. The Hall–Kier alpha value is -2.68. The van der Waals surface area contributed by atoms with E-state index in [2.05, 4.69) is 20.6 Å². The van der Waals surface area contributed by atoms with Gasteiger partial charge in [0, 0.05) is 24.6 Å². The van der Waals surface area contributed by atoms with Crippen molar-refractivity contribution in [2.45, 2.75) is 12.6 Å². The molecule has 1 heterocycles. The van der Waals surface area contributed by atoms with E-state index in [1.807, 2.05) is 19.0 Å². The van der Waals surface area contributed by atoms with Crippen LogP contribution in [0, 0.1) is 0 Å². The maximum absolute atomic E-state index is 12.5. The Morgan fingerprint density at radius 1 is 1.12 bits per heavy atom. The summed E-state index contributed by atoms with van der Waals surface area (Å²) >= 11 is 0. The molecule has 0 aliphatic carbocycles. The summed E-state index contributed by atoms with van der Waals surface area (Å²) in [4.78, 5) is 22.0. The zero-order chi connectivity index (χ0) is 19.2. The molecule has 2 rings (SSSR count). The first-order valence-corrected chi connectivity index (χ1v) is 7.95. The van der Waals surface area contributed by atoms with Gasteiger partial charge in [-0.15, -0.1) is 0 Å². The maximum Gasteiger partial charge on any atom is 0.416 e. The van der Waals surface area contributed by atoms with Gasteiger partial charge in [-0.05, 0) is 51.3 Å². The largest absolute Gasteiger partial charge is 0.416 e. The highest BCUT2D eigenvalue weighted by Crippen LogP contribution is 2.30. The van der Waals surface area contributed by atoms with Gasteiger partial charge in [0.2, 0.25) is 5.95 Å². The third kappa shape index (κ3) is 5.99. The Balaban J connectivity index is 1.89. The molecule has 1 aromatic heterocycles. The highest BCUT2D eigenvalue weighted by molar-refractivity contribution is 5.93. The normalized spacial score (nSPS) is 11.5. The molecule has 0 aliphatic heterocycles. The van der Waals surface area contributed by atoms with E-state index >= 15 is 0 Å². The van der Waals surface area contributed by atoms with Crippen LogP contribution in [-0.4, -0.2) is 48.0 Å². The second kappa shape index (κ2) is 8.61. The van der Waals surface area contributed by atoms with Gasteiger partial charge in [-0.2, -0.15) is 13.2 Å². The molecule has 0 atom stereocenters. The molecule has 26 heavy (non-hydrogen) atoms. The summed E-state index contributed by atoms with van der Waals surface area (Å²) in [5, 5.41) is 5.56. The Bertz CT molecular complexity index is 715. The first-order valence-electron chi connectivity index (χ1n) is 7.95. The van der Waals surface area contributed by atoms with Crippen LogP contribution >= 0.6 is 0 Å². The second-order valence-electron chi connectivity index (χ2n) is 5.91. The first kappa shape index (κ1) is 19.6. The number of anilines is 2. The monoisotopic (exact) mass is 367 g/mol. The number of amides is 1. The SMILES string of the molecule is CN(C)CCCNC(=O)c1cnc(Nc2ccc(C(F)(F)F)cc2)nc1. The average Bonchev–Trinajstić information content (AvgIpc) is 2.59. The topological polar surface area (TPSA) is 70.2 Å². The standard InChI is InChI=1S/C17H20F3N5O/c1-25(2)9-3-8-21-15(26)12-10-22-16(23-11-12)24-14-6-4-13(5-7-14)17(18,19)20/h4-7,10-11H,3,8-9H2,1-2H3,(H,21,26)(H,22,23,24). The Labute approximate surface area is 149 Å². The fraction of sp³-hybridized carbons (Fsp3) is 0.353. The van der Waals surface area contributed by atoms with Crippen LogP contribution in [0.2, 0.25) is 0 Å². The van der Waals surface area contributed by atoms with Crippen molar-refractivity contribution in [3.8, 4) is 0 Å². The number of halogens is 3. The summed E-state index contributed by atoms with van der Waals surface area (Å²) in [6, 6.07) is 4.52. The second-order valence-corrected chi connectivity index (χ2v) is 5.91. The zero-order valence-electron chi connectivity index (χ0n) is 14.5. The van der Waals surface area contributed by atoms with Gasteiger partial charge in [0.1, 0.15) is 0 Å². The quantitative estimate of drug-likeness (QED) is 0.737. The molecule has 0 radical (unpaired) electrons. The van der Waals surface area contributed by atoms with Crippen molar-refractivity contribution < 1.29 is 18.0 Å². The molecule has 0 saturated heterocycles. The predicted octanol–water partition coefficient (Wildman–Crippen LogP) is 2.92. The van der Waals surface area contributed by atoms with E-state index in [1.165, 1.54) is 24.5 Å². The van der Waals surface area contributed by atoms with Crippen molar-refractivity contribution in [1.82, 2.24) is 20.2 Å². The summed E-state index contributed by atoms with van der Waals surface area (Å²) in [5.41, 5.74) is -0.00281. The molecule has 1 amide bonds. The minimum atomic E-state index is -4.38. The minimum Gasteiger partial charge on any atom is -0.352 e. The molecule has 9 heteroatoms. The van der Waals surface area contributed by atoms with E-state index in [4.69, 9.17) is 0 Å². The van der Waals surface area contributed by atoms with Crippen LogP contribution < -0.4 is 10.6 Å². The van der Waals surface area contributed by atoms with Crippen LogP contribution in [0.15, 0.2) is 36.7 Å². The average molecular weight is 367 g/mol. The summed E-state index contributed by atoms with van der Waals surface area (Å²) < 4.78 is 37.6. The summed E-state index contributed by atoms with van der Waals surface area (Å²) in [7, 11) is 3.91. The first-order chi connectivity index (χ1) is 12.3. The lowest BCUT2D eigenvalue weighted by Crippen LogP contribution is -2.27. The van der Waals surface area contributed by atoms with Crippen molar-refractivity contribution in [3.05, 3.63) is 47.8 Å². The molecule has 0 unspecified atom stereocenters. The number of aromatic nitrogens is 2. The molecule has 0 fully saturated rings. The predicted molar refractivity (Wildman–Crippen MR) is 92.3 cm³/mol. The van der Waals surface area contributed by atoms with Crippen LogP contribution in [-0.2, 0) is 6.18 Å². The van der Waals surface area contributed by atoms with Crippen molar-refractivity contribution in [1.29, 1.82) is 0 Å². The van der Waals surface area contributed by atoms with E-state index in [9.17, 15) is 18.0 Å². The van der Waals surface area contributed by atoms with E-state index in [0.717, 1.165) is 25.1 Å². The van der Waals surface area contributed by atoms with Crippen LogP contribution in [0.25, 0.3) is 0 Å². The van der Waals surface area contributed by atoms with Gasteiger partial charge in [-0.25, -0.2) is 9.97 Å². The number of alkyl halides is 3.